The van der Waals surface area contributed by atoms with Crippen molar-refractivity contribution in [1.29, 1.82) is 0 Å². The predicted molar refractivity (Wildman–Crippen MR) is 87.0 cm³/mol. The summed E-state index contributed by atoms with van der Waals surface area (Å²) >= 11 is 4.98. The zero-order valence-electron chi connectivity index (χ0n) is 12.1. The molecule has 0 fully saturated rings. The van der Waals surface area contributed by atoms with Gasteiger partial charge >= 0.3 is 0 Å². The average molecular weight is 314 g/mol. The molecule has 112 valence electrons. The molecule has 0 amide bonds. The Bertz CT molecular complexity index is 548. The molecule has 6 heteroatoms. The van der Waals surface area contributed by atoms with E-state index in [0.29, 0.717) is 6.42 Å². The van der Waals surface area contributed by atoms with Crippen molar-refractivity contribution in [2.75, 3.05) is 5.75 Å². The van der Waals surface area contributed by atoms with Crippen LogP contribution in [0, 0.1) is 5.41 Å². The summed E-state index contributed by atoms with van der Waals surface area (Å²) in [5.41, 5.74) is 6.37. The van der Waals surface area contributed by atoms with E-state index >= 15 is 0 Å². The minimum atomic E-state index is -3.42. The largest absolute Gasteiger partial charge is 0.392 e. The van der Waals surface area contributed by atoms with E-state index in [-0.39, 0.29) is 16.2 Å². The minimum Gasteiger partial charge on any atom is -0.392 e. The Morgan fingerprint density at radius 3 is 2.30 bits per heavy atom. The Kier molecular flexibility index (Phi) is 5.68. The molecule has 0 aromatic heterocycles. The van der Waals surface area contributed by atoms with Crippen molar-refractivity contribution in [2.24, 2.45) is 11.1 Å². The van der Waals surface area contributed by atoms with Crippen molar-refractivity contribution in [3.05, 3.63) is 35.9 Å². The highest BCUT2D eigenvalue weighted by molar-refractivity contribution is 7.89. The van der Waals surface area contributed by atoms with E-state index in [1.807, 2.05) is 39.0 Å². The molecule has 1 atom stereocenters. The van der Waals surface area contributed by atoms with Gasteiger partial charge in [0.25, 0.3) is 0 Å². The standard InChI is InChI=1S/C14H22N2O2S2/c1-14(2,3)9-10-20(17,18)16-12(13(15)19)11-7-5-4-6-8-11/h4-8,12,16H,9-10H2,1-3H3,(H2,15,19). The first-order valence-corrected chi connectivity index (χ1v) is 8.51. The highest BCUT2D eigenvalue weighted by atomic mass is 32.2. The molecule has 1 rings (SSSR count). The van der Waals surface area contributed by atoms with Crippen LogP contribution in [0.5, 0.6) is 0 Å². The lowest BCUT2D eigenvalue weighted by Gasteiger charge is -2.21. The Morgan fingerprint density at radius 2 is 1.85 bits per heavy atom. The summed E-state index contributed by atoms with van der Waals surface area (Å²) in [6.45, 7) is 6.01. The van der Waals surface area contributed by atoms with E-state index in [4.69, 9.17) is 18.0 Å². The molecule has 0 aliphatic rings. The van der Waals surface area contributed by atoms with Crippen LogP contribution in [0.1, 0.15) is 38.8 Å². The van der Waals surface area contributed by atoms with Gasteiger partial charge in [-0.25, -0.2) is 13.1 Å². The number of sulfonamides is 1. The summed E-state index contributed by atoms with van der Waals surface area (Å²) in [6, 6.07) is 8.45. The van der Waals surface area contributed by atoms with E-state index in [9.17, 15) is 8.42 Å². The number of hydrogen-bond acceptors (Lipinski definition) is 3. The SMILES string of the molecule is CC(C)(C)CCS(=O)(=O)NC(C(N)=S)c1ccccc1. The van der Waals surface area contributed by atoms with Gasteiger partial charge in [0.2, 0.25) is 10.0 Å². The molecule has 3 N–H and O–H groups in total. The number of nitrogens with two attached hydrogens (primary N) is 1. The van der Waals surface area contributed by atoms with Crippen LogP contribution < -0.4 is 10.5 Å². The minimum absolute atomic E-state index is 0.0415. The number of benzene rings is 1. The van der Waals surface area contributed by atoms with Gasteiger partial charge in [0.1, 0.15) is 0 Å². The van der Waals surface area contributed by atoms with E-state index in [1.165, 1.54) is 0 Å². The Labute approximate surface area is 126 Å². The normalized spacial score (nSPS) is 13.9. The maximum Gasteiger partial charge on any atom is 0.212 e. The molecule has 1 unspecified atom stereocenters. The van der Waals surface area contributed by atoms with Gasteiger partial charge in [0, 0.05) is 0 Å². The fourth-order valence-electron chi connectivity index (χ4n) is 1.61. The lowest BCUT2D eigenvalue weighted by atomic mass is 9.94. The molecule has 20 heavy (non-hydrogen) atoms. The quantitative estimate of drug-likeness (QED) is 0.791. The van der Waals surface area contributed by atoms with Crippen molar-refractivity contribution >= 4 is 27.2 Å². The first-order chi connectivity index (χ1) is 9.11. The van der Waals surface area contributed by atoms with Gasteiger partial charge in [-0.1, -0.05) is 63.3 Å². The summed E-state index contributed by atoms with van der Waals surface area (Å²) in [5, 5.41) is 0. The second kappa shape index (κ2) is 6.65. The molecule has 0 saturated carbocycles. The lowest BCUT2D eigenvalue weighted by molar-refractivity contribution is 0.396. The van der Waals surface area contributed by atoms with Gasteiger partial charge in [-0.15, -0.1) is 0 Å². The van der Waals surface area contributed by atoms with Crippen LogP contribution in [-0.4, -0.2) is 19.2 Å². The summed E-state index contributed by atoms with van der Waals surface area (Å²) in [5.74, 6) is 0.0580. The third kappa shape index (κ3) is 5.98. The molecule has 0 radical (unpaired) electrons. The number of rotatable bonds is 6. The highest BCUT2D eigenvalue weighted by Gasteiger charge is 2.23. The molecule has 0 spiro atoms. The molecule has 0 bridgehead atoms. The summed E-state index contributed by atoms with van der Waals surface area (Å²) < 4.78 is 26.9. The van der Waals surface area contributed by atoms with E-state index < -0.39 is 16.1 Å². The van der Waals surface area contributed by atoms with Crippen LogP contribution in [0.2, 0.25) is 0 Å². The van der Waals surface area contributed by atoms with Crippen LogP contribution in [0.15, 0.2) is 30.3 Å². The van der Waals surface area contributed by atoms with Crippen molar-refractivity contribution in [1.82, 2.24) is 4.72 Å². The van der Waals surface area contributed by atoms with Gasteiger partial charge < -0.3 is 5.73 Å². The van der Waals surface area contributed by atoms with Crippen LogP contribution in [-0.2, 0) is 10.0 Å². The van der Waals surface area contributed by atoms with Crippen molar-refractivity contribution in [3.8, 4) is 0 Å². The monoisotopic (exact) mass is 314 g/mol. The molecule has 1 aromatic rings. The highest BCUT2D eigenvalue weighted by Crippen LogP contribution is 2.20. The Morgan fingerprint density at radius 1 is 1.30 bits per heavy atom. The van der Waals surface area contributed by atoms with Gasteiger partial charge in [-0.05, 0) is 17.4 Å². The maximum atomic E-state index is 12.1. The van der Waals surface area contributed by atoms with Crippen molar-refractivity contribution in [3.63, 3.8) is 0 Å². The zero-order chi connectivity index (χ0) is 15.4. The molecule has 0 heterocycles. The van der Waals surface area contributed by atoms with Gasteiger partial charge in [0.05, 0.1) is 16.8 Å². The molecule has 1 aromatic carbocycles. The first-order valence-electron chi connectivity index (χ1n) is 6.45. The second-order valence-corrected chi connectivity index (χ2v) is 8.34. The van der Waals surface area contributed by atoms with Crippen LogP contribution in [0.4, 0.5) is 0 Å². The van der Waals surface area contributed by atoms with E-state index in [0.717, 1.165) is 5.56 Å². The molecule has 0 saturated heterocycles. The number of hydrogen-bond donors (Lipinski definition) is 2. The third-order valence-corrected chi connectivity index (χ3v) is 4.41. The fraction of sp³-hybridized carbons (Fsp3) is 0.500. The molecule has 4 nitrogen and oxygen atoms in total. The average Bonchev–Trinajstić information content (AvgIpc) is 2.34. The third-order valence-electron chi connectivity index (χ3n) is 2.84. The zero-order valence-corrected chi connectivity index (χ0v) is 13.7. The van der Waals surface area contributed by atoms with Crippen molar-refractivity contribution in [2.45, 2.75) is 33.2 Å². The molecular formula is C14H22N2O2S2. The van der Waals surface area contributed by atoms with Gasteiger partial charge in [-0.3, -0.25) is 0 Å². The molecule has 0 aliphatic carbocycles. The topological polar surface area (TPSA) is 72.2 Å². The number of thiocarbonyl (C=S) groups is 1. The Hall–Kier alpha value is -0.980. The van der Waals surface area contributed by atoms with Crippen molar-refractivity contribution < 1.29 is 8.42 Å². The maximum absolute atomic E-state index is 12.1. The Balaban J connectivity index is 2.84. The van der Waals surface area contributed by atoms with Crippen LogP contribution >= 0.6 is 12.2 Å². The summed E-state index contributed by atoms with van der Waals surface area (Å²) in [6.07, 6.45) is 0.571. The second-order valence-electron chi connectivity index (χ2n) is 5.99. The van der Waals surface area contributed by atoms with Crippen LogP contribution in [0.25, 0.3) is 0 Å². The lowest BCUT2D eigenvalue weighted by Crippen LogP contribution is -2.38. The fourth-order valence-corrected chi connectivity index (χ4v) is 3.51. The van der Waals surface area contributed by atoms with Gasteiger partial charge in [0.15, 0.2) is 0 Å². The van der Waals surface area contributed by atoms with E-state index in [1.54, 1.807) is 12.1 Å². The molecular weight excluding hydrogens is 292 g/mol. The first kappa shape index (κ1) is 17.1. The summed E-state index contributed by atoms with van der Waals surface area (Å²) in [4.78, 5) is 0.121. The smallest absolute Gasteiger partial charge is 0.212 e. The predicted octanol–water partition coefficient (Wildman–Crippen LogP) is 2.37. The van der Waals surface area contributed by atoms with E-state index in [2.05, 4.69) is 4.72 Å². The number of nitrogens with one attached hydrogen (secondary N) is 1. The molecule has 0 aliphatic heterocycles. The van der Waals surface area contributed by atoms with Gasteiger partial charge in [-0.2, -0.15) is 0 Å². The van der Waals surface area contributed by atoms with Crippen LogP contribution in [0.3, 0.4) is 0 Å². The summed E-state index contributed by atoms with van der Waals surface area (Å²) in [7, 11) is -3.42.